The fourth-order valence-corrected chi connectivity index (χ4v) is 6.80. The summed E-state index contributed by atoms with van der Waals surface area (Å²) in [6, 6.07) is 6.85. The number of aliphatic hydroxyl groups is 2. The van der Waals surface area contributed by atoms with Crippen LogP contribution in [-0.4, -0.2) is 137 Å². The lowest BCUT2D eigenvalue weighted by atomic mass is 9.96. The molecule has 0 aromatic heterocycles. The van der Waals surface area contributed by atoms with E-state index in [-0.39, 0.29) is 31.1 Å². The number of carboxylic acid groups (broad SMARTS) is 1. The highest BCUT2D eigenvalue weighted by Crippen LogP contribution is 2.13. The van der Waals surface area contributed by atoms with Crippen LogP contribution in [0.4, 0.5) is 0 Å². The third kappa shape index (κ3) is 20.2. The first kappa shape index (κ1) is 57.7. The summed E-state index contributed by atoms with van der Waals surface area (Å²) < 4.78 is 0. The second-order valence-corrected chi connectivity index (χ2v) is 17.6. The molecule has 21 heteroatoms. The van der Waals surface area contributed by atoms with Crippen molar-refractivity contribution in [2.45, 2.75) is 129 Å². The van der Waals surface area contributed by atoms with Gasteiger partial charge >= 0.3 is 5.97 Å². The Balaban J connectivity index is 2.33. The maximum atomic E-state index is 14.2. The molecule has 0 bridgehead atoms. The summed E-state index contributed by atoms with van der Waals surface area (Å²) in [5.74, 6) is -8.38. The molecule has 21 nitrogen and oxygen atoms in total. The molecule has 0 spiro atoms. The average Bonchev–Trinajstić information content (AvgIpc) is 3.29. The SMILES string of the molecule is CC[C@H](C)[C@H](NC(=O)[C@H](Cc1ccccc1)NC(=O)[C@H](CC(C)C)NC(=O)[C@H](Cc1ccccc1)NC(=O)[C@H](C)NC(=O)[C@H](CO)NC(=O)CNC(=O)[C@@H](N)CC(C)C)C(=O)N[C@@H](CO)C(=O)O. The zero-order valence-corrected chi connectivity index (χ0v) is 39.9. The van der Waals surface area contributed by atoms with E-state index in [1.165, 1.54) is 6.92 Å². The minimum Gasteiger partial charge on any atom is -0.480 e. The number of carbonyl (C=O) groups excluding carboxylic acids is 8. The summed E-state index contributed by atoms with van der Waals surface area (Å²) in [6.45, 7) is 9.84. The number of rotatable bonds is 29. The van der Waals surface area contributed by atoms with Crippen molar-refractivity contribution in [3.63, 3.8) is 0 Å². The van der Waals surface area contributed by atoms with Gasteiger partial charge in [-0.1, -0.05) is 109 Å². The van der Waals surface area contributed by atoms with E-state index in [0.29, 0.717) is 24.0 Å². The molecule has 0 aliphatic carbocycles. The third-order valence-electron chi connectivity index (χ3n) is 10.8. The molecule has 0 aliphatic rings. The van der Waals surface area contributed by atoms with E-state index in [0.717, 1.165) is 0 Å². The van der Waals surface area contributed by atoms with Gasteiger partial charge in [0.1, 0.15) is 42.3 Å². The molecule has 0 fully saturated rings. The number of nitrogens with two attached hydrogens (primary N) is 1. The van der Waals surface area contributed by atoms with Crippen LogP contribution in [0.3, 0.4) is 0 Å². The highest BCUT2D eigenvalue weighted by molar-refractivity contribution is 5.98. The minimum absolute atomic E-state index is 0.0508. The van der Waals surface area contributed by atoms with Gasteiger partial charge in [0.05, 0.1) is 25.8 Å². The van der Waals surface area contributed by atoms with Crippen molar-refractivity contribution < 1.29 is 58.5 Å². The Morgan fingerprint density at radius 2 is 0.956 bits per heavy atom. The number of hydrogen-bond donors (Lipinski definition) is 12. The molecule has 0 saturated carbocycles. The van der Waals surface area contributed by atoms with Gasteiger partial charge in [-0.25, -0.2) is 4.79 Å². The number of carboxylic acids is 1. The molecule has 2 rings (SSSR count). The van der Waals surface area contributed by atoms with Crippen LogP contribution in [0.25, 0.3) is 0 Å². The van der Waals surface area contributed by atoms with Gasteiger partial charge < -0.3 is 63.6 Å². The first-order chi connectivity index (χ1) is 32.1. The Kier molecular flexibility index (Phi) is 24.9. The molecule has 376 valence electrons. The first-order valence-electron chi connectivity index (χ1n) is 22.8. The lowest BCUT2D eigenvalue weighted by Gasteiger charge is -2.29. The van der Waals surface area contributed by atoms with Crippen molar-refractivity contribution in [3.8, 4) is 0 Å². The van der Waals surface area contributed by atoms with Crippen molar-refractivity contribution in [3.05, 3.63) is 71.8 Å². The van der Waals surface area contributed by atoms with E-state index in [2.05, 4.69) is 42.5 Å². The first-order valence-corrected chi connectivity index (χ1v) is 22.8. The normalized spacial score (nSPS) is 15.1. The van der Waals surface area contributed by atoms with Crippen LogP contribution in [0.1, 0.15) is 78.9 Å². The number of amides is 8. The molecule has 0 saturated heterocycles. The van der Waals surface area contributed by atoms with Gasteiger partial charge in [-0.15, -0.1) is 0 Å². The summed E-state index contributed by atoms with van der Waals surface area (Å²) >= 11 is 0. The van der Waals surface area contributed by atoms with Crippen LogP contribution < -0.4 is 48.3 Å². The number of carbonyl (C=O) groups is 9. The Labute approximate surface area is 397 Å². The molecule has 0 unspecified atom stereocenters. The van der Waals surface area contributed by atoms with E-state index in [4.69, 9.17) is 5.73 Å². The second kappa shape index (κ2) is 29.3. The van der Waals surface area contributed by atoms with Gasteiger partial charge in [-0.05, 0) is 48.6 Å². The number of hydrogen-bond acceptors (Lipinski definition) is 12. The Morgan fingerprint density at radius 1 is 0.515 bits per heavy atom. The molecule has 68 heavy (non-hydrogen) atoms. The Bertz CT molecular complexity index is 1990. The predicted octanol–water partition coefficient (Wildman–Crippen LogP) is -1.46. The summed E-state index contributed by atoms with van der Waals surface area (Å²) in [7, 11) is 0. The monoisotopic (exact) mass is 954 g/mol. The van der Waals surface area contributed by atoms with E-state index in [1.54, 1.807) is 74.5 Å². The summed E-state index contributed by atoms with van der Waals surface area (Å²) in [5.41, 5.74) is 7.11. The Morgan fingerprint density at radius 3 is 1.43 bits per heavy atom. The number of benzene rings is 2. The molecular weight excluding hydrogens is 883 g/mol. The van der Waals surface area contributed by atoms with E-state index in [9.17, 15) is 58.5 Å². The molecule has 8 amide bonds. The minimum atomic E-state index is -1.63. The third-order valence-corrected chi connectivity index (χ3v) is 10.8. The summed E-state index contributed by atoms with van der Waals surface area (Å²) in [4.78, 5) is 119. The summed E-state index contributed by atoms with van der Waals surface area (Å²) in [5, 5.41) is 48.9. The highest BCUT2D eigenvalue weighted by Gasteiger charge is 2.35. The van der Waals surface area contributed by atoms with Gasteiger partial charge in [0.15, 0.2) is 0 Å². The Hall–Kier alpha value is -6.45. The number of nitrogens with one attached hydrogen (secondary N) is 8. The van der Waals surface area contributed by atoms with Crippen molar-refractivity contribution in [2.75, 3.05) is 19.8 Å². The quantitative estimate of drug-likeness (QED) is 0.0444. The molecule has 0 radical (unpaired) electrons. The van der Waals surface area contributed by atoms with Crippen LogP contribution in [-0.2, 0) is 56.0 Å². The predicted molar refractivity (Wildman–Crippen MR) is 251 cm³/mol. The lowest BCUT2D eigenvalue weighted by Crippen LogP contribution is -2.61. The van der Waals surface area contributed by atoms with E-state index in [1.807, 2.05) is 27.7 Å². The van der Waals surface area contributed by atoms with Gasteiger partial charge in [0, 0.05) is 12.8 Å². The molecule has 9 atom stereocenters. The largest absolute Gasteiger partial charge is 0.480 e. The number of aliphatic hydroxyl groups excluding tert-OH is 2. The van der Waals surface area contributed by atoms with Crippen LogP contribution in [0.5, 0.6) is 0 Å². The van der Waals surface area contributed by atoms with Crippen LogP contribution in [0.15, 0.2) is 60.7 Å². The van der Waals surface area contributed by atoms with Gasteiger partial charge in [0.25, 0.3) is 0 Å². The second-order valence-electron chi connectivity index (χ2n) is 17.6. The molecule has 2 aromatic carbocycles. The highest BCUT2D eigenvalue weighted by atomic mass is 16.4. The van der Waals surface area contributed by atoms with Crippen LogP contribution in [0, 0.1) is 17.8 Å². The molecule has 13 N–H and O–H groups in total. The van der Waals surface area contributed by atoms with Crippen molar-refractivity contribution >= 4 is 53.2 Å². The van der Waals surface area contributed by atoms with Crippen molar-refractivity contribution in [1.29, 1.82) is 0 Å². The van der Waals surface area contributed by atoms with Crippen molar-refractivity contribution in [1.82, 2.24) is 42.5 Å². The zero-order chi connectivity index (χ0) is 51.1. The molecule has 2 aromatic rings. The molecular formula is C47H71N9O12. The maximum Gasteiger partial charge on any atom is 0.328 e. The molecule has 0 aliphatic heterocycles. The van der Waals surface area contributed by atoms with Crippen LogP contribution >= 0.6 is 0 Å². The maximum absolute atomic E-state index is 14.2. The summed E-state index contributed by atoms with van der Waals surface area (Å²) in [6.07, 6.45) is 0.731. The van der Waals surface area contributed by atoms with Crippen LogP contribution in [0.2, 0.25) is 0 Å². The van der Waals surface area contributed by atoms with Gasteiger partial charge in [0.2, 0.25) is 47.3 Å². The smallest absolute Gasteiger partial charge is 0.328 e. The van der Waals surface area contributed by atoms with Crippen molar-refractivity contribution in [2.24, 2.45) is 23.5 Å². The molecule has 0 heterocycles. The van der Waals surface area contributed by atoms with Gasteiger partial charge in [-0.3, -0.25) is 38.4 Å². The standard InChI is InChI=1S/C47H71N9O12/c1-8-28(6)39(46(66)55-37(25-58)47(67)68)56-44(64)35(22-31-17-13-10-14-18-31)54-42(62)33(20-27(4)5)53-43(63)34(21-30-15-11-9-12-16-30)52-40(60)29(7)50-45(65)36(24-57)51-38(59)23-49-41(61)32(48)19-26(2)3/h9-18,26-29,32-37,39,57-58H,8,19-25,48H2,1-7H3,(H,49,61)(H,50,65)(H,51,59)(H,52,60)(H,53,63)(H,54,62)(H,55,66)(H,56,64)(H,67,68)/t28-,29-,32-,33-,34-,35-,36-,37-,39-/m0/s1. The zero-order valence-electron chi connectivity index (χ0n) is 39.9. The van der Waals surface area contributed by atoms with E-state index >= 15 is 0 Å². The lowest BCUT2D eigenvalue weighted by molar-refractivity contribution is -0.143. The van der Waals surface area contributed by atoms with E-state index < -0.39 is 127 Å². The van der Waals surface area contributed by atoms with Gasteiger partial charge in [-0.2, -0.15) is 0 Å². The fraction of sp³-hybridized carbons (Fsp3) is 0.553. The topological polar surface area (TPSA) is 337 Å². The average molecular weight is 954 g/mol. The fourth-order valence-electron chi connectivity index (χ4n) is 6.80. The number of aliphatic carboxylic acids is 1.